The highest BCUT2D eigenvalue weighted by Gasteiger charge is 2.34. The van der Waals surface area contributed by atoms with Gasteiger partial charge in [0.15, 0.2) is 17.3 Å². The van der Waals surface area contributed by atoms with E-state index in [0.717, 1.165) is 62.9 Å². The van der Waals surface area contributed by atoms with Crippen molar-refractivity contribution in [2.75, 3.05) is 83.9 Å². The second-order valence-corrected chi connectivity index (χ2v) is 14.9. The fourth-order valence-corrected chi connectivity index (χ4v) is 8.42. The predicted molar refractivity (Wildman–Crippen MR) is 202 cm³/mol. The highest BCUT2D eigenvalue weighted by molar-refractivity contribution is 6.07. The van der Waals surface area contributed by atoms with Gasteiger partial charge in [-0.25, -0.2) is 4.39 Å². The van der Waals surface area contributed by atoms with Gasteiger partial charge in [-0.2, -0.15) is 0 Å². The smallest absolute Gasteiger partial charge is 0.256 e. The number of anilines is 1. The molecule has 4 aliphatic rings. The van der Waals surface area contributed by atoms with Crippen LogP contribution in [-0.4, -0.2) is 116 Å². The van der Waals surface area contributed by atoms with E-state index in [1.165, 1.54) is 6.07 Å². The SMILES string of the molecule is CN1CCN(CCC(=O)N[C@@H]2CCN(c3c(F)cc4c(=O)c(C(=O)NCCN5CCCC5)cn5c4c3Oc3cc4c(cc3-5)oc3ccccc34)C2)CC1. The van der Waals surface area contributed by atoms with Gasteiger partial charge < -0.3 is 44.0 Å². The van der Waals surface area contributed by atoms with Crippen molar-refractivity contribution in [1.29, 1.82) is 0 Å². The van der Waals surface area contributed by atoms with E-state index in [4.69, 9.17) is 9.15 Å². The summed E-state index contributed by atoms with van der Waals surface area (Å²) >= 11 is 0. The number of aromatic nitrogens is 1. The van der Waals surface area contributed by atoms with E-state index >= 15 is 4.39 Å². The molecule has 0 unspecified atom stereocenters. The third-order valence-electron chi connectivity index (χ3n) is 11.4. The molecular formula is C40H44FN7O5. The number of hydrogen-bond donors (Lipinski definition) is 2. The van der Waals surface area contributed by atoms with Gasteiger partial charge in [0.2, 0.25) is 11.3 Å². The number of nitrogens with zero attached hydrogens (tertiary/aromatic N) is 5. The summed E-state index contributed by atoms with van der Waals surface area (Å²) in [6, 6.07) is 12.5. The van der Waals surface area contributed by atoms with Crippen LogP contribution < -0.4 is 25.7 Å². The van der Waals surface area contributed by atoms with Gasteiger partial charge in [-0.15, -0.1) is 0 Å². The van der Waals surface area contributed by atoms with Gasteiger partial charge in [-0.3, -0.25) is 14.4 Å². The quantitative estimate of drug-likeness (QED) is 0.226. The Balaban J connectivity index is 1.05. The molecular weight excluding hydrogens is 677 g/mol. The third kappa shape index (κ3) is 6.30. The fraction of sp³-hybridized carbons (Fsp3) is 0.425. The molecule has 5 aromatic rings. The van der Waals surface area contributed by atoms with Crippen molar-refractivity contribution in [3.05, 3.63) is 70.3 Å². The molecule has 2 N–H and O–H groups in total. The number of furan rings is 1. The molecule has 1 atom stereocenters. The van der Waals surface area contributed by atoms with E-state index in [1.807, 2.05) is 41.3 Å². The molecule has 13 heteroatoms. The number of hydrogen-bond acceptors (Lipinski definition) is 9. The summed E-state index contributed by atoms with van der Waals surface area (Å²) in [5, 5.41) is 7.88. The molecule has 0 bridgehead atoms. The Morgan fingerprint density at radius 3 is 2.53 bits per heavy atom. The van der Waals surface area contributed by atoms with Crippen LogP contribution in [0.5, 0.6) is 11.5 Å². The number of fused-ring (bicyclic) bond motifs is 5. The third-order valence-corrected chi connectivity index (χ3v) is 11.4. The molecule has 6 heterocycles. The first-order valence-electron chi connectivity index (χ1n) is 18.8. The zero-order valence-electron chi connectivity index (χ0n) is 30.0. The standard InChI is InChI=1S/C40H44FN7O5/c1-44-16-18-46(19-17-44)13-9-35(49)43-25-8-14-47(23-25)37-30(41)20-28-36-39(37)53-34-21-27-26-6-2-3-7-32(26)52-33(27)22-31(34)48(36)24-29(38(28)50)40(51)42-10-15-45-11-4-5-12-45/h2-3,6-7,20-22,24-25H,4-5,8-19,23H2,1H3,(H,42,51)(H,43,49)/t25-/m1/s1. The molecule has 0 aliphatic carbocycles. The lowest BCUT2D eigenvalue weighted by Gasteiger charge is -2.32. The number of benzene rings is 3. The summed E-state index contributed by atoms with van der Waals surface area (Å²) in [5.74, 6) is -0.489. The summed E-state index contributed by atoms with van der Waals surface area (Å²) in [6.07, 6.45) is 4.88. The monoisotopic (exact) mass is 721 g/mol. The van der Waals surface area contributed by atoms with Gasteiger partial charge in [-0.1, -0.05) is 18.2 Å². The van der Waals surface area contributed by atoms with Gasteiger partial charge in [0.25, 0.3) is 5.91 Å². The molecule has 3 aromatic carbocycles. The lowest BCUT2D eigenvalue weighted by atomic mass is 10.0. The minimum absolute atomic E-state index is 0.0160. The molecule has 0 radical (unpaired) electrons. The zero-order chi connectivity index (χ0) is 36.2. The fourth-order valence-electron chi connectivity index (χ4n) is 8.42. The normalized spacial score (nSPS) is 19.3. The molecule has 3 fully saturated rings. The van der Waals surface area contributed by atoms with Crippen LogP contribution in [0.25, 0.3) is 38.5 Å². The number of rotatable bonds is 9. The minimum atomic E-state index is -0.622. The van der Waals surface area contributed by atoms with Crippen molar-refractivity contribution in [2.45, 2.75) is 31.7 Å². The van der Waals surface area contributed by atoms with Gasteiger partial charge in [0.1, 0.15) is 27.9 Å². The Labute approximate surface area is 306 Å². The first-order chi connectivity index (χ1) is 25.8. The van der Waals surface area contributed by atoms with Crippen molar-refractivity contribution in [3.63, 3.8) is 0 Å². The van der Waals surface area contributed by atoms with Crippen LogP contribution in [0.2, 0.25) is 0 Å². The summed E-state index contributed by atoms with van der Waals surface area (Å²) < 4.78 is 31.1. The number of halogens is 1. The number of ether oxygens (including phenoxy) is 1. The zero-order valence-corrected chi connectivity index (χ0v) is 30.0. The number of piperazine rings is 1. The Morgan fingerprint density at radius 1 is 0.906 bits per heavy atom. The largest absolute Gasteiger partial charge is 0.456 e. The summed E-state index contributed by atoms with van der Waals surface area (Å²) in [7, 11) is 2.11. The second-order valence-electron chi connectivity index (χ2n) is 14.9. The first kappa shape index (κ1) is 33.8. The number of pyridine rings is 1. The van der Waals surface area contributed by atoms with Crippen LogP contribution in [0.3, 0.4) is 0 Å². The molecule has 3 saturated heterocycles. The summed E-state index contributed by atoms with van der Waals surface area (Å²) in [6.45, 7) is 8.57. The van der Waals surface area contributed by atoms with Crippen molar-refractivity contribution in [3.8, 4) is 17.2 Å². The van der Waals surface area contributed by atoms with Crippen LogP contribution >= 0.6 is 0 Å². The number of likely N-dealkylation sites (N-methyl/N-ethyl adjacent to an activating group) is 1. The number of carbonyl (C=O) groups excluding carboxylic acids is 2. The van der Waals surface area contributed by atoms with Crippen molar-refractivity contribution in [2.24, 2.45) is 0 Å². The Bertz CT molecular complexity index is 2310. The van der Waals surface area contributed by atoms with Crippen molar-refractivity contribution in [1.82, 2.24) is 29.9 Å². The van der Waals surface area contributed by atoms with E-state index in [2.05, 4.69) is 32.4 Å². The van der Waals surface area contributed by atoms with Gasteiger partial charge >= 0.3 is 0 Å². The molecule has 0 spiro atoms. The van der Waals surface area contributed by atoms with E-state index in [0.29, 0.717) is 73.7 Å². The van der Waals surface area contributed by atoms with E-state index < -0.39 is 17.2 Å². The average Bonchev–Trinajstić information content (AvgIpc) is 3.92. The maximum absolute atomic E-state index is 16.5. The second kappa shape index (κ2) is 13.8. The lowest BCUT2D eigenvalue weighted by Crippen LogP contribution is -2.46. The van der Waals surface area contributed by atoms with E-state index in [1.54, 1.807) is 10.8 Å². The number of carbonyl (C=O) groups is 2. The van der Waals surface area contributed by atoms with Crippen LogP contribution in [-0.2, 0) is 4.79 Å². The molecule has 276 valence electrons. The van der Waals surface area contributed by atoms with Crippen LogP contribution in [0.15, 0.2) is 57.9 Å². The van der Waals surface area contributed by atoms with Crippen molar-refractivity contribution >= 4 is 50.3 Å². The van der Waals surface area contributed by atoms with E-state index in [9.17, 15) is 14.4 Å². The molecule has 4 aliphatic heterocycles. The Kier molecular flexibility index (Phi) is 8.79. The van der Waals surface area contributed by atoms with Crippen LogP contribution in [0, 0.1) is 5.82 Å². The molecule has 53 heavy (non-hydrogen) atoms. The maximum atomic E-state index is 16.5. The predicted octanol–water partition coefficient (Wildman–Crippen LogP) is 4.29. The summed E-state index contributed by atoms with van der Waals surface area (Å²) in [4.78, 5) is 49.4. The van der Waals surface area contributed by atoms with E-state index in [-0.39, 0.29) is 34.3 Å². The molecule has 2 aromatic heterocycles. The Hall–Kier alpha value is -4.98. The number of likely N-dealkylation sites (tertiary alicyclic amines) is 1. The molecule has 2 amide bonds. The van der Waals surface area contributed by atoms with Gasteiger partial charge in [0, 0.05) is 94.4 Å². The molecule has 0 saturated carbocycles. The minimum Gasteiger partial charge on any atom is -0.456 e. The number of nitrogens with one attached hydrogen (secondary N) is 2. The number of amides is 2. The van der Waals surface area contributed by atoms with Crippen LogP contribution in [0.4, 0.5) is 10.1 Å². The first-order valence-corrected chi connectivity index (χ1v) is 18.8. The lowest BCUT2D eigenvalue weighted by molar-refractivity contribution is -0.122. The highest BCUT2D eigenvalue weighted by Crippen LogP contribution is 2.49. The topological polar surface area (TPSA) is 116 Å². The highest BCUT2D eigenvalue weighted by atomic mass is 19.1. The molecule has 12 nitrogen and oxygen atoms in total. The van der Waals surface area contributed by atoms with Crippen LogP contribution in [0.1, 0.15) is 36.0 Å². The average molecular weight is 722 g/mol. The maximum Gasteiger partial charge on any atom is 0.256 e. The van der Waals surface area contributed by atoms with Crippen molar-refractivity contribution < 1.29 is 23.1 Å². The summed E-state index contributed by atoms with van der Waals surface area (Å²) in [5.41, 5.74) is 1.87. The Morgan fingerprint density at radius 2 is 1.70 bits per heavy atom. The molecule has 9 rings (SSSR count). The number of para-hydroxylation sites is 1. The van der Waals surface area contributed by atoms with Gasteiger partial charge in [0.05, 0.1) is 11.1 Å². The van der Waals surface area contributed by atoms with Gasteiger partial charge in [-0.05, 0) is 57.6 Å².